The topological polar surface area (TPSA) is 54.4 Å². The molecule has 66 valence electrons. The second-order valence-electron chi connectivity index (χ2n) is 2.32. The van der Waals surface area contributed by atoms with Crippen LogP contribution in [0.3, 0.4) is 0 Å². The molecule has 0 bridgehead atoms. The van der Waals surface area contributed by atoms with Crippen LogP contribution < -0.4 is 0 Å². The van der Waals surface area contributed by atoms with Gasteiger partial charge in [-0.2, -0.15) is 0 Å². The zero-order valence-corrected chi connectivity index (χ0v) is 7.15. The fourth-order valence-corrected chi connectivity index (χ4v) is 0.637. The SMILES string of the molecule is C/C=C/C=C(\C=O)C(O)C(C)=O. The van der Waals surface area contributed by atoms with Crippen LogP contribution in [0.1, 0.15) is 13.8 Å². The van der Waals surface area contributed by atoms with E-state index in [-0.39, 0.29) is 5.57 Å². The molecule has 0 spiro atoms. The van der Waals surface area contributed by atoms with E-state index < -0.39 is 11.9 Å². The quantitative estimate of drug-likeness (QED) is 0.380. The minimum Gasteiger partial charge on any atom is -0.380 e. The van der Waals surface area contributed by atoms with E-state index in [4.69, 9.17) is 5.11 Å². The molecule has 0 aliphatic carbocycles. The van der Waals surface area contributed by atoms with Crippen molar-refractivity contribution in [3.63, 3.8) is 0 Å². The summed E-state index contributed by atoms with van der Waals surface area (Å²) in [5, 5.41) is 9.13. The van der Waals surface area contributed by atoms with Gasteiger partial charge in [0.05, 0.1) is 0 Å². The van der Waals surface area contributed by atoms with Gasteiger partial charge in [-0.3, -0.25) is 9.59 Å². The highest BCUT2D eigenvalue weighted by molar-refractivity contribution is 5.92. The number of carbonyl (C=O) groups is 2. The molecule has 0 aromatic carbocycles. The monoisotopic (exact) mass is 168 g/mol. The fourth-order valence-electron chi connectivity index (χ4n) is 0.637. The minimum absolute atomic E-state index is 0.0839. The van der Waals surface area contributed by atoms with Gasteiger partial charge in [-0.15, -0.1) is 0 Å². The van der Waals surface area contributed by atoms with Crippen molar-refractivity contribution < 1.29 is 14.7 Å². The summed E-state index contributed by atoms with van der Waals surface area (Å²) in [5.74, 6) is -0.433. The highest BCUT2D eigenvalue weighted by Gasteiger charge is 2.13. The summed E-state index contributed by atoms with van der Waals surface area (Å²) in [7, 11) is 0. The number of aliphatic hydroxyl groups is 1. The van der Waals surface area contributed by atoms with E-state index >= 15 is 0 Å². The Morgan fingerprint density at radius 1 is 1.50 bits per heavy atom. The lowest BCUT2D eigenvalue weighted by Gasteiger charge is -2.03. The molecular weight excluding hydrogens is 156 g/mol. The third-order valence-electron chi connectivity index (χ3n) is 1.32. The van der Waals surface area contributed by atoms with Crippen LogP contribution in [0.15, 0.2) is 23.8 Å². The molecule has 0 fully saturated rings. The van der Waals surface area contributed by atoms with Gasteiger partial charge in [0.2, 0.25) is 0 Å². The molecule has 0 aromatic heterocycles. The number of Topliss-reactive ketones (excluding diaryl/α,β-unsaturated/α-hetero) is 1. The molecule has 0 aliphatic rings. The van der Waals surface area contributed by atoms with E-state index in [1.54, 1.807) is 19.1 Å². The maximum atomic E-state index is 10.6. The standard InChI is InChI=1S/C9H12O3/c1-3-4-5-8(6-10)9(12)7(2)11/h3-6,9,12H,1-2H3/b4-3+,8-5+. The van der Waals surface area contributed by atoms with Gasteiger partial charge >= 0.3 is 0 Å². The average molecular weight is 168 g/mol. The average Bonchev–Trinajstić information content (AvgIpc) is 2.05. The second kappa shape index (κ2) is 5.43. The van der Waals surface area contributed by atoms with Crippen molar-refractivity contribution in [3.05, 3.63) is 23.8 Å². The Kier molecular flexibility index (Phi) is 4.88. The van der Waals surface area contributed by atoms with E-state index in [0.717, 1.165) is 0 Å². The predicted octanol–water partition coefficient (Wildman–Crippen LogP) is 0.638. The fraction of sp³-hybridized carbons (Fsp3) is 0.333. The maximum Gasteiger partial charge on any atom is 0.162 e. The Labute approximate surface area is 71.4 Å². The summed E-state index contributed by atoms with van der Waals surface area (Å²) in [6.45, 7) is 3.01. The van der Waals surface area contributed by atoms with E-state index in [9.17, 15) is 9.59 Å². The van der Waals surface area contributed by atoms with Crippen LogP contribution in [-0.2, 0) is 9.59 Å². The number of carbonyl (C=O) groups excluding carboxylic acids is 2. The molecule has 12 heavy (non-hydrogen) atoms. The maximum absolute atomic E-state index is 10.6. The van der Waals surface area contributed by atoms with Gasteiger partial charge in [-0.25, -0.2) is 0 Å². The zero-order chi connectivity index (χ0) is 9.56. The Balaban J connectivity index is 4.54. The summed E-state index contributed by atoms with van der Waals surface area (Å²) in [6, 6.07) is 0. The molecule has 0 amide bonds. The molecular formula is C9H12O3. The Hall–Kier alpha value is -1.22. The van der Waals surface area contributed by atoms with Crippen LogP contribution in [0.5, 0.6) is 0 Å². The lowest BCUT2D eigenvalue weighted by Crippen LogP contribution is -2.20. The second-order valence-corrected chi connectivity index (χ2v) is 2.32. The summed E-state index contributed by atoms with van der Waals surface area (Å²) in [4.78, 5) is 21.0. The first-order valence-corrected chi connectivity index (χ1v) is 3.60. The zero-order valence-electron chi connectivity index (χ0n) is 7.15. The molecule has 0 saturated carbocycles. The van der Waals surface area contributed by atoms with Crippen molar-refractivity contribution in [1.82, 2.24) is 0 Å². The predicted molar refractivity (Wildman–Crippen MR) is 45.6 cm³/mol. The summed E-state index contributed by atoms with van der Waals surface area (Å²) < 4.78 is 0. The third kappa shape index (κ3) is 3.25. The first-order chi connectivity index (χ1) is 5.63. The van der Waals surface area contributed by atoms with Gasteiger partial charge in [0.25, 0.3) is 0 Å². The van der Waals surface area contributed by atoms with Crippen molar-refractivity contribution in [2.45, 2.75) is 20.0 Å². The lowest BCUT2D eigenvalue weighted by molar-refractivity contribution is -0.124. The molecule has 0 radical (unpaired) electrons. The number of aldehydes is 1. The van der Waals surface area contributed by atoms with E-state index in [2.05, 4.69) is 0 Å². The van der Waals surface area contributed by atoms with Gasteiger partial charge < -0.3 is 5.11 Å². The van der Waals surface area contributed by atoms with Crippen molar-refractivity contribution in [2.24, 2.45) is 0 Å². The van der Waals surface area contributed by atoms with Crippen molar-refractivity contribution in [2.75, 3.05) is 0 Å². The highest BCUT2D eigenvalue weighted by atomic mass is 16.3. The van der Waals surface area contributed by atoms with Crippen LogP contribution in [0.2, 0.25) is 0 Å². The molecule has 1 N–H and O–H groups in total. The van der Waals surface area contributed by atoms with Gasteiger partial charge in [0.15, 0.2) is 5.78 Å². The highest BCUT2D eigenvalue weighted by Crippen LogP contribution is 2.00. The van der Waals surface area contributed by atoms with Crippen molar-refractivity contribution >= 4 is 12.1 Å². The largest absolute Gasteiger partial charge is 0.380 e. The van der Waals surface area contributed by atoms with Gasteiger partial charge in [0, 0.05) is 5.57 Å². The number of allylic oxidation sites excluding steroid dienone is 3. The van der Waals surface area contributed by atoms with Crippen LogP contribution in [0.4, 0.5) is 0 Å². The van der Waals surface area contributed by atoms with E-state index in [1.165, 1.54) is 13.0 Å². The first-order valence-electron chi connectivity index (χ1n) is 3.60. The van der Waals surface area contributed by atoms with E-state index in [1.807, 2.05) is 0 Å². The summed E-state index contributed by atoms with van der Waals surface area (Å²) >= 11 is 0. The number of rotatable bonds is 4. The molecule has 3 nitrogen and oxygen atoms in total. The minimum atomic E-state index is -1.29. The lowest BCUT2D eigenvalue weighted by atomic mass is 10.1. The van der Waals surface area contributed by atoms with Crippen LogP contribution in [0, 0.1) is 0 Å². The van der Waals surface area contributed by atoms with Crippen LogP contribution in [0.25, 0.3) is 0 Å². The molecule has 0 aromatic rings. The van der Waals surface area contributed by atoms with Crippen LogP contribution >= 0.6 is 0 Å². The molecule has 0 saturated heterocycles. The number of aliphatic hydroxyl groups excluding tert-OH is 1. The number of hydrogen-bond acceptors (Lipinski definition) is 3. The number of hydrogen-bond donors (Lipinski definition) is 1. The third-order valence-corrected chi connectivity index (χ3v) is 1.32. The molecule has 0 aliphatic heterocycles. The smallest absolute Gasteiger partial charge is 0.162 e. The van der Waals surface area contributed by atoms with Crippen molar-refractivity contribution in [1.29, 1.82) is 0 Å². The van der Waals surface area contributed by atoms with Gasteiger partial charge in [-0.05, 0) is 13.8 Å². The normalized spacial score (nSPS) is 14.8. The molecule has 3 heteroatoms. The summed E-state index contributed by atoms with van der Waals surface area (Å²) in [6.07, 6.45) is 3.90. The Bertz CT molecular complexity index is 226. The Morgan fingerprint density at radius 2 is 2.08 bits per heavy atom. The Morgan fingerprint density at radius 3 is 2.42 bits per heavy atom. The first kappa shape index (κ1) is 10.8. The van der Waals surface area contributed by atoms with Crippen molar-refractivity contribution in [3.8, 4) is 0 Å². The van der Waals surface area contributed by atoms with E-state index in [0.29, 0.717) is 6.29 Å². The summed E-state index contributed by atoms with van der Waals surface area (Å²) in [5.41, 5.74) is 0.0839. The molecule has 0 heterocycles. The van der Waals surface area contributed by atoms with Gasteiger partial charge in [0.1, 0.15) is 12.4 Å². The molecule has 0 rings (SSSR count). The molecule has 1 atom stereocenters. The number of ketones is 1. The molecule has 1 unspecified atom stereocenters. The van der Waals surface area contributed by atoms with Gasteiger partial charge in [-0.1, -0.05) is 18.2 Å². The van der Waals surface area contributed by atoms with Crippen LogP contribution in [-0.4, -0.2) is 23.3 Å².